The fourth-order valence-electron chi connectivity index (χ4n) is 2.32. The zero-order chi connectivity index (χ0) is 10.8. The number of aliphatic hydroxyl groups excluding tert-OH is 1. The van der Waals surface area contributed by atoms with Crippen molar-refractivity contribution in [2.45, 2.75) is 25.9 Å². The van der Waals surface area contributed by atoms with Crippen LogP contribution < -0.4 is 5.32 Å². The average Bonchev–Trinajstić information content (AvgIpc) is 2.15. The standard InChI is InChI=1S/C11H20N2O2.ClH/c1-8(14)9-2-4-13(5-3-9)11(15)10-6-12-7-10;/h8-10,12,14H,2-7H2,1H3;1H. The van der Waals surface area contributed by atoms with Gasteiger partial charge in [-0.2, -0.15) is 0 Å². The molecule has 2 heterocycles. The van der Waals surface area contributed by atoms with E-state index < -0.39 is 0 Å². The summed E-state index contributed by atoms with van der Waals surface area (Å²) in [6.45, 7) is 5.18. The van der Waals surface area contributed by atoms with Gasteiger partial charge in [0.15, 0.2) is 0 Å². The molecule has 5 heteroatoms. The van der Waals surface area contributed by atoms with Crippen LogP contribution in [0.3, 0.4) is 0 Å². The zero-order valence-electron chi connectivity index (χ0n) is 9.69. The molecule has 16 heavy (non-hydrogen) atoms. The minimum absolute atomic E-state index is 0. The van der Waals surface area contributed by atoms with E-state index in [0.29, 0.717) is 11.8 Å². The van der Waals surface area contributed by atoms with Gasteiger partial charge in [0.05, 0.1) is 12.0 Å². The Balaban J connectivity index is 0.00000128. The Labute approximate surface area is 103 Å². The van der Waals surface area contributed by atoms with Crippen LogP contribution >= 0.6 is 12.4 Å². The molecule has 0 radical (unpaired) electrons. The Morgan fingerprint density at radius 1 is 1.38 bits per heavy atom. The molecule has 2 aliphatic heterocycles. The number of rotatable bonds is 2. The number of nitrogens with one attached hydrogen (secondary N) is 1. The Kier molecular flexibility index (Phi) is 5.02. The van der Waals surface area contributed by atoms with Crippen molar-refractivity contribution >= 4 is 18.3 Å². The zero-order valence-corrected chi connectivity index (χ0v) is 10.5. The molecule has 0 aromatic heterocycles. The van der Waals surface area contributed by atoms with Gasteiger partial charge in [-0.05, 0) is 25.7 Å². The van der Waals surface area contributed by atoms with Crippen molar-refractivity contribution in [1.29, 1.82) is 0 Å². The molecular weight excluding hydrogens is 228 g/mol. The largest absolute Gasteiger partial charge is 0.393 e. The molecule has 0 aromatic carbocycles. The lowest BCUT2D eigenvalue weighted by molar-refractivity contribution is -0.139. The van der Waals surface area contributed by atoms with Gasteiger partial charge in [0, 0.05) is 26.2 Å². The van der Waals surface area contributed by atoms with Crippen LogP contribution in [0.25, 0.3) is 0 Å². The molecule has 1 atom stereocenters. The highest BCUT2D eigenvalue weighted by Crippen LogP contribution is 2.22. The molecule has 2 N–H and O–H groups in total. The topological polar surface area (TPSA) is 52.6 Å². The first-order valence-corrected chi connectivity index (χ1v) is 5.86. The fraction of sp³-hybridized carbons (Fsp3) is 0.909. The maximum Gasteiger partial charge on any atom is 0.228 e. The highest BCUT2D eigenvalue weighted by atomic mass is 35.5. The Morgan fingerprint density at radius 2 is 1.94 bits per heavy atom. The maximum absolute atomic E-state index is 11.9. The van der Waals surface area contributed by atoms with E-state index in [-0.39, 0.29) is 24.4 Å². The highest BCUT2D eigenvalue weighted by Gasteiger charge is 2.32. The number of hydrogen-bond acceptors (Lipinski definition) is 3. The van der Waals surface area contributed by atoms with E-state index in [4.69, 9.17) is 0 Å². The molecule has 2 saturated heterocycles. The third-order valence-corrected chi connectivity index (χ3v) is 3.66. The number of amides is 1. The molecule has 2 fully saturated rings. The summed E-state index contributed by atoms with van der Waals surface area (Å²) in [4.78, 5) is 13.8. The van der Waals surface area contributed by atoms with Gasteiger partial charge < -0.3 is 15.3 Å². The summed E-state index contributed by atoms with van der Waals surface area (Å²) in [5, 5.41) is 12.6. The van der Waals surface area contributed by atoms with E-state index in [1.165, 1.54) is 0 Å². The third-order valence-electron chi connectivity index (χ3n) is 3.66. The van der Waals surface area contributed by atoms with Crippen LogP contribution in [0.1, 0.15) is 19.8 Å². The van der Waals surface area contributed by atoms with E-state index in [0.717, 1.165) is 39.0 Å². The predicted molar refractivity (Wildman–Crippen MR) is 64.6 cm³/mol. The lowest BCUT2D eigenvalue weighted by Gasteiger charge is -2.37. The van der Waals surface area contributed by atoms with Crippen LogP contribution in [0.15, 0.2) is 0 Å². The minimum atomic E-state index is -0.229. The van der Waals surface area contributed by atoms with Crippen LogP contribution in [0.5, 0.6) is 0 Å². The van der Waals surface area contributed by atoms with Gasteiger partial charge >= 0.3 is 0 Å². The van der Waals surface area contributed by atoms with Gasteiger partial charge in [0.25, 0.3) is 0 Å². The van der Waals surface area contributed by atoms with E-state index in [2.05, 4.69) is 5.32 Å². The normalized spacial score (nSPS) is 24.5. The van der Waals surface area contributed by atoms with Crippen molar-refractivity contribution < 1.29 is 9.90 Å². The van der Waals surface area contributed by atoms with Gasteiger partial charge in [0.2, 0.25) is 5.91 Å². The Hall–Kier alpha value is -0.320. The predicted octanol–water partition coefficient (Wildman–Crippen LogP) is 0.247. The summed E-state index contributed by atoms with van der Waals surface area (Å²) in [5.41, 5.74) is 0. The Morgan fingerprint density at radius 3 is 2.31 bits per heavy atom. The Bertz CT molecular complexity index is 236. The molecule has 0 spiro atoms. The van der Waals surface area contributed by atoms with Crippen LogP contribution in [0.2, 0.25) is 0 Å². The van der Waals surface area contributed by atoms with Crippen molar-refractivity contribution in [3.05, 3.63) is 0 Å². The number of halogens is 1. The summed E-state index contributed by atoms with van der Waals surface area (Å²) in [7, 11) is 0. The summed E-state index contributed by atoms with van der Waals surface area (Å²) in [5.74, 6) is 0.902. The molecule has 0 aromatic rings. The van der Waals surface area contributed by atoms with Gasteiger partial charge in [-0.15, -0.1) is 12.4 Å². The van der Waals surface area contributed by atoms with E-state index in [9.17, 15) is 9.90 Å². The molecule has 1 unspecified atom stereocenters. The number of nitrogens with zero attached hydrogens (tertiary/aromatic N) is 1. The summed E-state index contributed by atoms with van der Waals surface area (Å²) in [6.07, 6.45) is 1.67. The molecule has 4 nitrogen and oxygen atoms in total. The van der Waals surface area contributed by atoms with Crippen LogP contribution in [-0.4, -0.2) is 48.2 Å². The number of piperidine rings is 1. The van der Waals surface area contributed by atoms with Crippen molar-refractivity contribution in [3.63, 3.8) is 0 Å². The molecule has 0 bridgehead atoms. The lowest BCUT2D eigenvalue weighted by Crippen LogP contribution is -2.53. The van der Waals surface area contributed by atoms with Gasteiger partial charge in [-0.25, -0.2) is 0 Å². The molecule has 1 amide bonds. The van der Waals surface area contributed by atoms with Crippen molar-refractivity contribution in [3.8, 4) is 0 Å². The summed E-state index contributed by atoms with van der Waals surface area (Å²) >= 11 is 0. The second kappa shape index (κ2) is 5.84. The SMILES string of the molecule is CC(O)C1CCN(C(=O)C2CNC2)CC1.Cl. The lowest BCUT2D eigenvalue weighted by atomic mass is 9.91. The second-order valence-electron chi connectivity index (χ2n) is 4.76. The van der Waals surface area contributed by atoms with E-state index in [1.54, 1.807) is 0 Å². The first kappa shape index (κ1) is 13.7. The fourth-order valence-corrected chi connectivity index (χ4v) is 2.32. The summed E-state index contributed by atoms with van der Waals surface area (Å²) < 4.78 is 0. The van der Waals surface area contributed by atoms with Crippen molar-refractivity contribution in [2.75, 3.05) is 26.2 Å². The molecule has 0 saturated carbocycles. The average molecular weight is 249 g/mol. The molecule has 2 aliphatic rings. The third kappa shape index (κ3) is 2.87. The first-order valence-electron chi connectivity index (χ1n) is 5.86. The van der Waals surface area contributed by atoms with Crippen molar-refractivity contribution in [2.24, 2.45) is 11.8 Å². The number of hydrogen-bond donors (Lipinski definition) is 2. The molecule has 94 valence electrons. The number of carbonyl (C=O) groups excluding carboxylic acids is 1. The smallest absolute Gasteiger partial charge is 0.228 e. The molecule has 2 rings (SSSR count). The van der Waals surface area contributed by atoms with Crippen LogP contribution in [-0.2, 0) is 4.79 Å². The molecular formula is C11H21ClN2O2. The van der Waals surface area contributed by atoms with Gasteiger partial charge in [-0.3, -0.25) is 4.79 Å². The van der Waals surface area contributed by atoms with Crippen molar-refractivity contribution in [1.82, 2.24) is 10.2 Å². The first-order chi connectivity index (χ1) is 7.18. The monoisotopic (exact) mass is 248 g/mol. The van der Waals surface area contributed by atoms with Crippen LogP contribution in [0.4, 0.5) is 0 Å². The van der Waals surface area contributed by atoms with Gasteiger partial charge in [0.1, 0.15) is 0 Å². The minimum Gasteiger partial charge on any atom is -0.393 e. The quantitative estimate of drug-likeness (QED) is 0.737. The van der Waals surface area contributed by atoms with E-state index in [1.807, 2.05) is 11.8 Å². The number of likely N-dealkylation sites (tertiary alicyclic amines) is 1. The second-order valence-corrected chi connectivity index (χ2v) is 4.76. The maximum atomic E-state index is 11.9. The van der Waals surface area contributed by atoms with Crippen LogP contribution in [0, 0.1) is 11.8 Å². The summed E-state index contributed by atoms with van der Waals surface area (Å²) in [6, 6.07) is 0. The highest BCUT2D eigenvalue weighted by molar-refractivity contribution is 5.85. The number of aliphatic hydroxyl groups is 1. The number of carbonyl (C=O) groups is 1. The van der Waals surface area contributed by atoms with Gasteiger partial charge in [-0.1, -0.05) is 0 Å². The molecule has 0 aliphatic carbocycles. The van der Waals surface area contributed by atoms with E-state index >= 15 is 0 Å².